The number of pyridine rings is 1. The van der Waals surface area contributed by atoms with Gasteiger partial charge < -0.3 is 10.2 Å². The van der Waals surface area contributed by atoms with Crippen LogP contribution in [-0.4, -0.2) is 27.3 Å². The number of carboxylic acid groups (broad SMARTS) is 1. The molecule has 82 valence electrons. The van der Waals surface area contributed by atoms with Gasteiger partial charge in [-0.05, 0) is 11.6 Å². The third-order valence-electron chi connectivity index (χ3n) is 2.39. The second-order valence-corrected chi connectivity index (χ2v) is 4.22. The highest BCUT2D eigenvalue weighted by Crippen LogP contribution is 2.27. The van der Waals surface area contributed by atoms with Crippen molar-refractivity contribution in [3.63, 3.8) is 0 Å². The summed E-state index contributed by atoms with van der Waals surface area (Å²) in [6, 6.07) is 3.22. The lowest BCUT2D eigenvalue weighted by atomic mass is 9.80. The number of hydrogen-bond acceptors (Lipinski definition) is 3. The second-order valence-electron chi connectivity index (χ2n) is 3.83. The van der Waals surface area contributed by atoms with Crippen molar-refractivity contribution in [2.45, 2.75) is 25.4 Å². The average Bonchev–Trinajstić information content (AvgIpc) is 2.17. The zero-order chi connectivity index (χ0) is 11.6. The van der Waals surface area contributed by atoms with Crippen LogP contribution >= 0.6 is 11.6 Å². The van der Waals surface area contributed by atoms with E-state index in [9.17, 15) is 9.90 Å². The summed E-state index contributed by atoms with van der Waals surface area (Å²) < 4.78 is 0. The number of carbonyl (C=O) groups is 1. The van der Waals surface area contributed by atoms with Gasteiger partial charge in [-0.1, -0.05) is 31.5 Å². The molecule has 2 N–H and O–H groups in total. The van der Waals surface area contributed by atoms with E-state index >= 15 is 0 Å². The van der Waals surface area contributed by atoms with Gasteiger partial charge in [0, 0.05) is 11.6 Å². The van der Waals surface area contributed by atoms with Crippen molar-refractivity contribution in [1.82, 2.24) is 4.98 Å². The fraction of sp³-hybridized carbons (Fsp3) is 0.400. The summed E-state index contributed by atoms with van der Waals surface area (Å²) in [4.78, 5) is 14.5. The van der Waals surface area contributed by atoms with E-state index in [1.807, 2.05) is 0 Å². The Morgan fingerprint density at radius 1 is 1.53 bits per heavy atom. The normalized spacial score (nSPS) is 13.6. The van der Waals surface area contributed by atoms with Crippen molar-refractivity contribution in [3.05, 3.63) is 29.0 Å². The molecule has 0 aliphatic rings. The number of aromatic nitrogens is 1. The molecular formula is C10H12ClNO3. The molecule has 0 bridgehead atoms. The Hall–Kier alpha value is -1.13. The van der Waals surface area contributed by atoms with E-state index in [-0.39, 0.29) is 0 Å². The van der Waals surface area contributed by atoms with E-state index < -0.39 is 17.5 Å². The van der Waals surface area contributed by atoms with E-state index in [2.05, 4.69) is 4.98 Å². The number of aliphatic hydroxyl groups excluding tert-OH is 1. The first kappa shape index (κ1) is 11.9. The monoisotopic (exact) mass is 229 g/mol. The van der Waals surface area contributed by atoms with Crippen LogP contribution < -0.4 is 0 Å². The van der Waals surface area contributed by atoms with Crippen LogP contribution in [0.5, 0.6) is 0 Å². The standard InChI is InChI=1S/C10H12ClNO3/c1-10(2,8(13)9(14)15)6-3-4-7(11)12-5-6/h3-5,8,13H,1-2H3,(H,14,15). The molecule has 0 saturated carbocycles. The van der Waals surface area contributed by atoms with Crippen molar-refractivity contribution >= 4 is 17.6 Å². The highest BCUT2D eigenvalue weighted by molar-refractivity contribution is 6.29. The molecule has 1 unspecified atom stereocenters. The predicted molar refractivity (Wildman–Crippen MR) is 55.9 cm³/mol. The Balaban J connectivity index is 3.05. The van der Waals surface area contributed by atoms with Gasteiger partial charge in [0.1, 0.15) is 5.15 Å². The first-order valence-electron chi connectivity index (χ1n) is 4.38. The smallest absolute Gasteiger partial charge is 0.333 e. The fourth-order valence-electron chi connectivity index (χ4n) is 1.22. The molecule has 0 aromatic carbocycles. The average molecular weight is 230 g/mol. The van der Waals surface area contributed by atoms with Gasteiger partial charge in [0.2, 0.25) is 0 Å². The summed E-state index contributed by atoms with van der Waals surface area (Å²) in [7, 11) is 0. The summed E-state index contributed by atoms with van der Waals surface area (Å²) in [6.07, 6.45) is -0.00502. The molecule has 5 heteroatoms. The van der Waals surface area contributed by atoms with Crippen molar-refractivity contribution in [1.29, 1.82) is 0 Å². The molecule has 0 radical (unpaired) electrons. The van der Waals surface area contributed by atoms with Crippen LogP contribution in [0, 0.1) is 0 Å². The van der Waals surface area contributed by atoms with Gasteiger partial charge in [-0.3, -0.25) is 0 Å². The lowest BCUT2D eigenvalue weighted by Gasteiger charge is -2.27. The molecule has 0 amide bonds. The van der Waals surface area contributed by atoms with E-state index in [4.69, 9.17) is 16.7 Å². The highest BCUT2D eigenvalue weighted by atomic mass is 35.5. The molecule has 1 aromatic rings. The SMILES string of the molecule is CC(C)(c1ccc(Cl)nc1)C(O)C(=O)O. The molecule has 1 rings (SSSR count). The highest BCUT2D eigenvalue weighted by Gasteiger charge is 2.35. The number of nitrogens with zero attached hydrogens (tertiary/aromatic N) is 1. The quantitative estimate of drug-likeness (QED) is 0.770. The van der Waals surface area contributed by atoms with E-state index in [1.54, 1.807) is 26.0 Å². The third kappa shape index (κ3) is 2.46. The number of hydrogen-bond donors (Lipinski definition) is 2. The maximum atomic E-state index is 10.7. The van der Waals surface area contributed by atoms with Crippen molar-refractivity contribution in [3.8, 4) is 0 Å². The van der Waals surface area contributed by atoms with Gasteiger partial charge in [0.15, 0.2) is 6.10 Å². The number of carboxylic acids is 1. The molecule has 4 nitrogen and oxygen atoms in total. The van der Waals surface area contributed by atoms with Crippen LogP contribution in [0.4, 0.5) is 0 Å². The lowest BCUT2D eigenvalue weighted by molar-refractivity contribution is -0.150. The van der Waals surface area contributed by atoms with Crippen LogP contribution in [0.1, 0.15) is 19.4 Å². The van der Waals surface area contributed by atoms with E-state index in [0.717, 1.165) is 0 Å². The number of rotatable bonds is 3. The Kier molecular flexibility index (Phi) is 3.31. The summed E-state index contributed by atoms with van der Waals surface area (Å²) in [5.41, 5.74) is -0.273. The van der Waals surface area contributed by atoms with Gasteiger partial charge in [-0.15, -0.1) is 0 Å². The molecule has 0 aliphatic heterocycles. The predicted octanol–water partition coefficient (Wildman–Crippen LogP) is 1.46. The van der Waals surface area contributed by atoms with Gasteiger partial charge in [-0.25, -0.2) is 9.78 Å². The van der Waals surface area contributed by atoms with Gasteiger partial charge in [0.25, 0.3) is 0 Å². The first-order chi connectivity index (χ1) is 6.85. The number of aliphatic carboxylic acids is 1. The Bertz CT molecular complexity index is 361. The molecule has 15 heavy (non-hydrogen) atoms. The Morgan fingerprint density at radius 3 is 2.53 bits per heavy atom. The molecular weight excluding hydrogens is 218 g/mol. The largest absolute Gasteiger partial charge is 0.479 e. The minimum atomic E-state index is -1.47. The van der Waals surface area contributed by atoms with Crippen molar-refractivity contribution < 1.29 is 15.0 Å². The topological polar surface area (TPSA) is 70.4 Å². The fourth-order valence-corrected chi connectivity index (χ4v) is 1.34. The van der Waals surface area contributed by atoms with E-state index in [1.165, 1.54) is 6.20 Å². The Labute approximate surface area is 92.5 Å². The van der Waals surface area contributed by atoms with Crippen molar-refractivity contribution in [2.24, 2.45) is 0 Å². The van der Waals surface area contributed by atoms with Crippen LogP contribution in [0.2, 0.25) is 5.15 Å². The zero-order valence-corrected chi connectivity index (χ0v) is 9.19. The number of halogens is 1. The van der Waals surface area contributed by atoms with Crippen LogP contribution in [0.25, 0.3) is 0 Å². The van der Waals surface area contributed by atoms with Crippen molar-refractivity contribution in [2.75, 3.05) is 0 Å². The molecule has 1 heterocycles. The van der Waals surface area contributed by atoms with Crippen LogP contribution in [0.15, 0.2) is 18.3 Å². The van der Waals surface area contributed by atoms with E-state index in [0.29, 0.717) is 10.7 Å². The minimum Gasteiger partial charge on any atom is -0.479 e. The second kappa shape index (κ2) is 4.16. The molecule has 0 aliphatic carbocycles. The maximum Gasteiger partial charge on any atom is 0.333 e. The van der Waals surface area contributed by atoms with Crippen LogP contribution in [0.3, 0.4) is 0 Å². The first-order valence-corrected chi connectivity index (χ1v) is 4.76. The minimum absolute atomic E-state index is 0.333. The summed E-state index contributed by atoms with van der Waals surface area (Å²) in [5, 5.41) is 18.6. The molecule has 1 atom stereocenters. The van der Waals surface area contributed by atoms with Gasteiger partial charge >= 0.3 is 5.97 Å². The number of aliphatic hydroxyl groups is 1. The molecule has 0 saturated heterocycles. The van der Waals surface area contributed by atoms with Gasteiger partial charge in [-0.2, -0.15) is 0 Å². The third-order valence-corrected chi connectivity index (χ3v) is 2.61. The summed E-state index contributed by atoms with van der Waals surface area (Å²) in [6.45, 7) is 3.27. The summed E-state index contributed by atoms with van der Waals surface area (Å²) in [5.74, 6) is -1.25. The van der Waals surface area contributed by atoms with Gasteiger partial charge in [0.05, 0.1) is 0 Å². The zero-order valence-electron chi connectivity index (χ0n) is 8.44. The summed E-state index contributed by atoms with van der Waals surface area (Å²) >= 11 is 5.61. The molecule has 0 spiro atoms. The maximum absolute atomic E-state index is 10.7. The molecule has 1 aromatic heterocycles. The lowest BCUT2D eigenvalue weighted by Crippen LogP contribution is -2.39. The Morgan fingerprint density at radius 2 is 2.13 bits per heavy atom. The van der Waals surface area contributed by atoms with Crippen LogP contribution in [-0.2, 0) is 10.2 Å². The molecule has 0 fully saturated rings.